The molecule has 2 aromatic heterocycles. The van der Waals surface area contributed by atoms with Crippen LogP contribution in [0.4, 0.5) is 11.6 Å². The molecule has 1 aromatic carbocycles. The number of carbonyl (C=O) groups is 1. The number of aryl methyl sites for hydroxylation is 2. The Labute approximate surface area is 159 Å². The lowest BCUT2D eigenvalue weighted by Gasteiger charge is -2.08. The minimum atomic E-state index is -4.07. The Morgan fingerprint density at radius 2 is 1.88 bits per heavy atom. The first kappa shape index (κ1) is 18.4. The molecule has 3 aromatic rings. The number of thiophene rings is 1. The molecule has 136 valence electrons. The topological polar surface area (TPSA) is 101 Å². The minimum absolute atomic E-state index is 0.0467. The minimum Gasteiger partial charge on any atom is -0.336 e. The van der Waals surface area contributed by atoms with Crippen molar-refractivity contribution in [2.24, 2.45) is 0 Å². The van der Waals surface area contributed by atoms with Crippen molar-refractivity contribution in [1.29, 1.82) is 0 Å². The molecule has 0 atom stereocenters. The van der Waals surface area contributed by atoms with E-state index in [9.17, 15) is 13.2 Å². The van der Waals surface area contributed by atoms with E-state index in [0.29, 0.717) is 11.4 Å². The summed E-state index contributed by atoms with van der Waals surface area (Å²) >= 11 is 6.96. The lowest BCUT2D eigenvalue weighted by atomic mass is 10.2. The van der Waals surface area contributed by atoms with Crippen LogP contribution in [0, 0.1) is 13.8 Å². The molecule has 26 heavy (non-hydrogen) atoms. The average molecular weight is 412 g/mol. The van der Waals surface area contributed by atoms with Crippen molar-refractivity contribution >= 4 is 50.4 Å². The normalized spacial score (nSPS) is 11.3. The number of carbonyl (C=O) groups excluding carboxylic acids is 1. The Kier molecular flexibility index (Phi) is 5.03. The van der Waals surface area contributed by atoms with Gasteiger partial charge < -0.3 is 9.84 Å². The third-order valence-corrected chi connectivity index (χ3v) is 6.31. The Balaban J connectivity index is 1.86. The summed E-state index contributed by atoms with van der Waals surface area (Å²) in [4.78, 5) is 12.4. The quantitative estimate of drug-likeness (QED) is 0.659. The van der Waals surface area contributed by atoms with Crippen LogP contribution in [-0.2, 0) is 10.0 Å². The first-order valence-electron chi connectivity index (χ1n) is 7.38. The smallest absolute Gasteiger partial charge is 0.267 e. The Bertz CT molecular complexity index is 1060. The van der Waals surface area contributed by atoms with Crippen molar-refractivity contribution < 1.29 is 17.7 Å². The van der Waals surface area contributed by atoms with Gasteiger partial charge in [-0.1, -0.05) is 34.5 Å². The third-order valence-electron chi connectivity index (χ3n) is 3.45. The number of halogens is 1. The number of sulfonamides is 1. The van der Waals surface area contributed by atoms with Gasteiger partial charge in [0.15, 0.2) is 0 Å². The molecule has 0 saturated heterocycles. The Morgan fingerprint density at radius 3 is 2.50 bits per heavy atom. The van der Waals surface area contributed by atoms with E-state index in [0.717, 1.165) is 16.9 Å². The van der Waals surface area contributed by atoms with Crippen LogP contribution in [0.3, 0.4) is 0 Å². The maximum atomic E-state index is 12.6. The third kappa shape index (κ3) is 3.74. The van der Waals surface area contributed by atoms with Crippen LogP contribution in [0.2, 0.25) is 5.02 Å². The SMILES string of the molecule is Cc1ccc(NC(=O)c2sccc2S(=O)(=O)Nc2onc(C)c2Cl)cc1. The molecule has 1 amide bonds. The average Bonchev–Trinajstić information content (AvgIpc) is 3.20. The van der Waals surface area contributed by atoms with Gasteiger partial charge in [-0.05, 0) is 37.4 Å². The van der Waals surface area contributed by atoms with E-state index >= 15 is 0 Å². The van der Waals surface area contributed by atoms with Gasteiger partial charge in [0.25, 0.3) is 21.8 Å². The molecular formula is C16H14ClN3O4S2. The molecule has 10 heteroatoms. The van der Waals surface area contributed by atoms with E-state index in [1.165, 1.54) is 11.4 Å². The zero-order valence-corrected chi connectivity index (χ0v) is 16.1. The number of rotatable bonds is 5. The van der Waals surface area contributed by atoms with E-state index in [4.69, 9.17) is 16.1 Å². The fourth-order valence-corrected chi connectivity index (χ4v) is 4.59. The van der Waals surface area contributed by atoms with Gasteiger partial charge >= 0.3 is 0 Å². The maximum absolute atomic E-state index is 12.6. The van der Waals surface area contributed by atoms with E-state index < -0.39 is 15.9 Å². The predicted octanol–water partition coefficient (Wildman–Crippen LogP) is 4.06. The number of hydrogen-bond donors (Lipinski definition) is 2. The van der Waals surface area contributed by atoms with Gasteiger partial charge in [-0.3, -0.25) is 4.79 Å². The van der Waals surface area contributed by atoms with E-state index in [1.807, 2.05) is 19.1 Å². The number of hydrogen-bond acceptors (Lipinski definition) is 6. The van der Waals surface area contributed by atoms with Gasteiger partial charge in [-0.25, -0.2) is 13.1 Å². The van der Waals surface area contributed by atoms with Crippen molar-refractivity contribution in [3.05, 3.63) is 56.9 Å². The maximum Gasteiger partial charge on any atom is 0.267 e. The Morgan fingerprint density at radius 1 is 1.19 bits per heavy atom. The number of nitrogens with zero attached hydrogens (tertiary/aromatic N) is 1. The summed E-state index contributed by atoms with van der Waals surface area (Å²) in [5.41, 5.74) is 1.97. The molecule has 0 aliphatic carbocycles. The zero-order chi connectivity index (χ0) is 18.9. The standard InChI is InChI=1S/C16H14ClN3O4S2/c1-9-3-5-11(6-4-9)18-15(21)14-12(7-8-25-14)26(22,23)20-16-13(17)10(2)19-24-16/h3-8,20H,1-2H3,(H,18,21). The molecular weight excluding hydrogens is 398 g/mol. The molecule has 0 aliphatic heterocycles. The molecule has 2 N–H and O–H groups in total. The summed E-state index contributed by atoms with van der Waals surface area (Å²) < 4.78 is 32.3. The van der Waals surface area contributed by atoms with Gasteiger partial charge in [0, 0.05) is 5.69 Å². The van der Waals surface area contributed by atoms with Crippen molar-refractivity contribution in [2.75, 3.05) is 10.0 Å². The largest absolute Gasteiger partial charge is 0.336 e. The molecule has 0 spiro atoms. The van der Waals surface area contributed by atoms with E-state index in [1.54, 1.807) is 19.1 Å². The lowest BCUT2D eigenvalue weighted by Crippen LogP contribution is -2.18. The number of benzene rings is 1. The second-order valence-electron chi connectivity index (χ2n) is 5.45. The first-order chi connectivity index (χ1) is 12.3. The molecule has 0 aliphatic rings. The van der Waals surface area contributed by atoms with Crippen LogP contribution in [0.25, 0.3) is 0 Å². The van der Waals surface area contributed by atoms with Crippen molar-refractivity contribution in [1.82, 2.24) is 5.16 Å². The molecule has 0 unspecified atom stereocenters. The van der Waals surface area contributed by atoms with Gasteiger partial charge in [0.1, 0.15) is 20.5 Å². The van der Waals surface area contributed by atoms with E-state index in [-0.39, 0.29) is 20.7 Å². The summed E-state index contributed by atoms with van der Waals surface area (Å²) in [6.45, 7) is 3.51. The highest BCUT2D eigenvalue weighted by Crippen LogP contribution is 2.30. The van der Waals surface area contributed by atoms with Gasteiger partial charge in [-0.15, -0.1) is 11.3 Å². The van der Waals surface area contributed by atoms with Crippen molar-refractivity contribution in [3.63, 3.8) is 0 Å². The molecule has 0 saturated carbocycles. The number of nitrogens with one attached hydrogen (secondary N) is 2. The summed E-state index contributed by atoms with van der Waals surface area (Å²) in [6, 6.07) is 8.51. The van der Waals surface area contributed by atoms with Crippen LogP contribution in [0.15, 0.2) is 45.1 Å². The van der Waals surface area contributed by atoms with Crippen LogP contribution >= 0.6 is 22.9 Å². The van der Waals surface area contributed by atoms with Crippen LogP contribution in [0.1, 0.15) is 20.9 Å². The first-order valence-corrected chi connectivity index (χ1v) is 10.1. The molecule has 0 bridgehead atoms. The number of aromatic nitrogens is 1. The van der Waals surface area contributed by atoms with Gasteiger partial charge in [0.2, 0.25) is 0 Å². The molecule has 7 nitrogen and oxygen atoms in total. The van der Waals surface area contributed by atoms with E-state index in [2.05, 4.69) is 15.2 Å². The van der Waals surface area contributed by atoms with Crippen molar-refractivity contribution in [2.45, 2.75) is 18.7 Å². The second-order valence-corrected chi connectivity index (χ2v) is 8.40. The van der Waals surface area contributed by atoms with Crippen molar-refractivity contribution in [3.8, 4) is 0 Å². The summed E-state index contributed by atoms with van der Waals surface area (Å²) in [5.74, 6) is -0.718. The summed E-state index contributed by atoms with van der Waals surface area (Å²) in [7, 11) is -4.07. The van der Waals surface area contributed by atoms with Crippen LogP contribution in [-0.4, -0.2) is 19.5 Å². The van der Waals surface area contributed by atoms with Gasteiger partial charge in [0.05, 0.1) is 0 Å². The molecule has 2 heterocycles. The molecule has 0 fully saturated rings. The highest BCUT2D eigenvalue weighted by molar-refractivity contribution is 7.93. The fraction of sp³-hybridized carbons (Fsp3) is 0.125. The summed E-state index contributed by atoms with van der Waals surface area (Å²) in [6.07, 6.45) is 0. The van der Waals surface area contributed by atoms with Gasteiger partial charge in [-0.2, -0.15) is 0 Å². The zero-order valence-electron chi connectivity index (χ0n) is 13.7. The second kappa shape index (κ2) is 7.10. The highest BCUT2D eigenvalue weighted by atomic mass is 35.5. The predicted molar refractivity (Wildman–Crippen MR) is 101 cm³/mol. The molecule has 3 rings (SSSR count). The Hall–Kier alpha value is -2.36. The highest BCUT2D eigenvalue weighted by Gasteiger charge is 2.26. The van der Waals surface area contributed by atoms with Crippen LogP contribution < -0.4 is 10.0 Å². The number of anilines is 2. The number of amides is 1. The summed E-state index contributed by atoms with van der Waals surface area (Å²) in [5, 5.41) is 7.86. The monoisotopic (exact) mass is 411 g/mol. The van der Waals surface area contributed by atoms with Crippen LogP contribution in [0.5, 0.6) is 0 Å². The lowest BCUT2D eigenvalue weighted by molar-refractivity contribution is 0.102. The molecule has 0 radical (unpaired) electrons. The fourth-order valence-electron chi connectivity index (χ4n) is 2.10.